The molecular weight excluding hydrogens is 484 g/mol. The molecule has 1 aliphatic heterocycles. The van der Waals surface area contributed by atoms with Crippen LogP contribution in [0.25, 0.3) is 0 Å². The summed E-state index contributed by atoms with van der Waals surface area (Å²) in [4.78, 5) is 40.2. The van der Waals surface area contributed by atoms with Crippen molar-refractivity contribution < 1.29 is 28.6 Å². The van der Waals surface area contributed by atoms with Crippen LogP contribution in [0.1, 0.15) is 71.4 Å². The maximum Gasteiger partial charge on any atom is 0.409 e. The second kappa shape index (κ2) is 12.2. The van der Waals surface area contributed by atoms with Crippen molar-refractivity contribution in [3.63, 3.8) is 0 Å². The van der Waals surface area contributed by atoms with Crippen LogP contribution in [0.3, 0.4) is 0 Å². The van der Waals surface area contributed by atoms with Crippen LogP contribution < -0.4 is 5.32 Å². The fraction of sp³-hybridized carbons (Fsp3) is 0.633. The summed E-state index contributed by atoms with van der Waals surface area (Å²) in [6.45, 7) is 11.6. The van der Waals surface area contributed by atoms with Crippen LogP contribution in [-0.2, 0) is 23.8 Å². The van der Waals surface area contributed by atoms with Crippen LogP contribution in [0.15, 0.2) is 24.3 Å². The first kappa shape index (κ1) is 29.5. The zero-order valence-electron chi connectivity index (χ0n) is 23.8. The predicted octanol–water partition coefficient (Wildman–Crippen LogP) is 4.23. The van der Waals surface area contributed by atoms with Crippen molar-refractivity contribution >= 4 is 18.0 Å². The molecule has 1 N–H and O–H groups in total. The molecule has 1 heterocycles. The number of ether oxygens (including phenoxy) is 3. The van der Waals surface area contributed by atoms with E-state index >= 15 is 0 Å². The standard InChI is InChI=1S/C30H42N2O6/c1-20(2)26(31-19-25(33)37-29(4,5)6)27(34)38-30(16-13-22-11-8-10-21(3)18-22)15-9-12-24-23(30)14-17-32(24)28(35)36-7/h8,10-11,18,20,23-24,26,31H,9,12,14-15,17,19H2,1-7H3/t23-,24-,26+,30-/m1/s1. The van der Waals surface area contributed by atoms with Gasteiger partial charge in [-0.05, 0) is 82.9 Å². The van der Waals surface area contributed by atoms with Crippen LogP contribution >= 0.6 is 0 Å². The van der Waals surface area contributed by atoms with Gasteiger partial charge >= 0.3 is 18.0 Å². The number of carbonyl (C=O) groups excluding carboxylic acids is 3. The first-order valence-electron chi connectivity index (χ1n) is 13.5. The first-order chi connectivity index (χ1) is 17.8. The summed E-state index contributed by atoms with van der Waals surface area (Å²) in [5, 5.41) is 3.04. The highest BCUT2D eigenvalue weighted by Gasteiger charge is 2.54. The molecular formula is C30H42N2O6. The molecule has 3 rings (SSSR count). The molecule has 2 aliphatic rings. The Balaban J connectivity index is 1.90. The van der Waals surface area contributed by atoms with Gasteiger partial charge in [0.25, 0.3) is 0 Å². The molecule has 8 nitrogen and oxygen atoms in total. The molecule has 1 saturated heterocycles. The van der Waals surface area contributed by atoms with Gasteiger partial charge in [-0.25, -0.2) is 4.79 Å². The van der Waals surface area contributed by atoms with E-state index in [9.17, 15) is 14.4 Å². The van der Waals surface area contributed by atoms with Crippen molar-refractivity contribution in [3.8, 4) is 11.8 Å². The molecule has 4 atom stereocenters. The molecule has 208 valence electrons. The highest BCUT2D eigenvalue weighted by Crippen LogP contribution is 2.45. The molecule has 1 aromatic carbocycles. The molecule has 0 bridgehead atoms. The molecule has 1 aromatic rings. The quantitative estimate of drug-likeness (QED) is 0.337. The number of carbonyl (C=O) groups is 3. The van der Waals surface area contributed by atoms with Crippen molar-refractivity contribution in [1.82, 2.24) is 10.2 Å². The molecule has 0 radical (unpaired) electrons. The number of rotatable bonds is 6. The van der Waals surface area contributed by atoms with Crippen LogP contribution in [0.5, 0.6) is 0 Å². The van der Waals surface area contributed by atoms with E-state index in [4.69, 9.17) is 14.2 Å². The van der Waals surface area contributed by atoms with Crippen LogP contribution in [0.4, 0.5) is 4.79 Å². The van der Waals surface area contributed by atoms with Crippen molar-refractivity contribution in [2.75, 3.05) is 20.2 Å². The third kappa shape index (κ3) is 7.28. The fourth-order valence-corrected chi connectivity index (χ4v) is 5.47. The second-order valence-corrected chi connectivity index (χ2v) is 11.6. The number of esters is 2. The fourth-order valence-electron chi connectivity index (χ4n) is 5.47. The number of benzene rings is 1. The van der Waals surface area contributed by atoms with Crippen LogP contribution in [0.2, 0.25) is 0 Å². The summed E-state index contributed by atoms with van der Waals surface area (Å²) in [6.07, 6.45) is 2.42. The van der Waals surface area contributed by atoms with Gasteiger partial charge in [0, 0.05) is 24.1 Å². The lowest BCUT2D eigenvalue weighted by atomic mass is 9.72. The summed E-state index contributed by atoms with van der Waals surface area (Å²) in [7, 11) is 1.38. The van der Waals surface area contributed by atoms with Gasteiger partial charge in [0.05, 0.1) is 13.7 Å². The number of methoxy groups -OCH3 is 1. The highest BCUT2D eigenvalue weighted by atomic mass is 16.6. The van der Waals surface area contributed by atoms with Gasteiger partial charge in [0.15, 0.2) is 5.60 Å². The molecule has 8 heteroatoms. The largest absolute Gasteiger partial charge is 0.459 e. The number of fused-ring (bicyclic) bond motifs is 1. The number of aryl methyl sites for hydroxylation is 1. The molecule has 0 aromatic heterocycles. The van der Waals surface area contributed by atoms with E-state index in [0.29, 0.717) is 19.4 Å². The Hall–Kier alpha value is -3.05. The number of amides is 1. The SMILES string of the molecule is COC(=O)N1CC[C@@H]2[C@H]1CCC[C@]2(C#Cc1cccc(C)c1)OC(=O)[C@@H](NCC(=O)OC(C)(C)C)C(C)C. The van der Waals surface area contributed by atoms with Gasteiger partial charge in [0.2, 0.25) is 0 Å². The van der Waals surface area contributed by atoms with Crippen molar-refractivity contribution in [2.24, 2.45) is 11.8 Å². The number of nitrogens with zero attached hydrogens (tertiary/aromatic N) is 1. The lowest BCUT2D eigenvalue weighted by molar-refractivity contribution is -0.167. The maximum absolute atomic E-state index is 13.7. The maximum atomic E-state index is 13.7. The lowest BCUT2D eigenvalue weighted by Crippen LogP contribution is -2.55. The van der Waals surface area contributed by atoms with Gasteiger partial charge in [0.1, 0.15) is 11.6 Å². The average Bonchev–Trinajstić information content (AvgIpc) is 3.27. The summed E-state index contributed by atoms with van der Waals surface area (Å²) >= 11 is 0. The van der Waals surface area contributed by atoms with E-state index in [2.05, 4.69) is 17.2 Å². The predicted molar refractivity (Wildman–Crippen MR) is 144 cm³/mol. The molecule has 2 fully saturated rings. The molecule has 0 spiro atoms. The molecule has 38 heavy (non-hydrogen) atoms. The second-order valence-electron chi connectivity index (χ2n) is 11.6. The van der Waals surface area contributed by atoms with Gasteiger partial charge < -0.3 is 19.1 Å². The summed E-state index contributed by atoms with van der Waals surface area (Å²) < 4.78 is 16.8. The van der Waals surface area contributed by atoms with E-state index in [1.165, 1.54) is 7.11 Å². The minimum Gasteiger partial charge on any atom is -0.459 e. The van der Waals surface area contributed by atoms with E-state index in [1.54, 1.807) is 25.7 Å². The van der Waals surface area contributed by atoms with Gasteiger partial charge in [-0.2, -0.15) is 0 Å². The Morgan fingerprint density at radius 1 is 1.21 bits per heavy atom. The third-order valence-corrected chi connectivity index (χ3v) is 7.13. The number of nitrogens with one attached hydrogen (secondary N) is 1. The van der Waals surface area contributed by atoms with Crippen molar-refractivity contribution in [1.29, 1.82) is 0 Å². The molecule has 0 unspecified atom stereocenters. The van der Waals surface area contributed by atoms with Gasteiger partial charge in [-0.3, -0.25) is 14.9 Å². The van der Waals surface area contributed by atoms with Gasteiger partial charge in [-0.15, -0.1) is 0 Å². The van der Waals surface area contributed by atoms with E-state index in [1.807, 2.05) is 45.0 Å². The Labute approximate surface area is 226 Å². The van der Waals surface area contributed by atoms with Crippen LogP contribution in [0, 0.1) is 30.6 Å². The zero-order chi connectivity index (χ0) is 28.1. The summed E-state index contributed by atoms with van der Waals surface area (Å²) in [6, 6.07) is 7.04. The first-order valence-corrected chi connectivity index (χ1v) is 13.5. The number of hydrogen-bond donors (Lipinski definition) is 1. The highest BCUT2D eigenvalue weighted by molar-refractivity contribution is 5.79. The van der Waals surface area contributed by atoms with Crippen LogP contribution in [-0.4, -0.2) is 66.4 Å². The minimum absolute atomic E-state index is 0.112. The number of likely N-dealkylation sites (tertiary alicyclic amines) is 1. The number of hydrogen-bond acceptors (Lipinski definition) is 7. The van der Waals surface area contributed by atoms with E-state index in [-0.39, 0.29) is 30.5 Å². The van der Waals surface area contributed by atoms with E-state index in [0.717, 1.165) is 24.0 Å². The van der Waals surface area contributed by atoms with Crippen molar-refractivity contribution in [3.05, 3.63) is 35.4 Å². The smallest absolute Gasteiger partial charge is 0.409 e. The Morgan fingerprint density at radius 3 is 2.58 bits per heavy atom. The Kier molecular flexibility index (Phi) is 9.48. The zero-order valence-corrected chi connectivity index (χ0v) is 23.8. The Morgan fingerprint density at radius 2 is 1.95 bits per heavy atom. The lowest BCUT2D eigenvalue weighted by Gasteiger charge is -2.43. The molecule has 1 aliphatic carbocycles. The van der Waals surface area contributed by atoms with Crippen molar-refractivity contribution in [2.45, 2.75) is 90.5 Å². The third-order valence-electron chi connectivity index (χ3n) is 7.13. The minimum atomic E-state index is -1.06. The Bertz CT molecular complexity index is 1080. The van der Waals surface area contributed by atoms with Gasteiger partial charge in [-0.1, -0.05) is 31.9 Å². The molecule has 1 amide bonds. The topological polar surface area (TPSA) is 94.2 Å². The summed E-state index contributed by atoms with van der Waals surface area (Å²) in [5.41, 5.74) is 0.252. The normalized spacial score (nSPS) is 23.6. The monoisotopic (exact) mass is 526 g/mol. The average molecular weight is 527 g/mol. The summed E-state index contributed by atoms with van der Waals surface area (Å²) in [5.74, 6) is 5.44. The molecule has 1 saturated carbocycles. The van der Waals surface area contributed by atoms with E-state index < -0.39 is 29.2 Å².